The van der Waals surface area contributed by atoms with Gasteiger partial charge in [0.05, 0.1) is 9.77 Å². The summed E-state index contributed by atoms with van der Waals surface area (Å²) >= 11 is 2.26. The lowest BCUT2D eigenvalue weighted by Crippen LogP contribution is -2.18. The van der Waals surface area contributed by atoms with E-state index in [2.05, 4.69) is 72.8 Å². The van der Waals surface area contributed by atoms with Crippen LogP contribution < -0.4 is 5.32 Å². The van der Waals surface area contributed by atoms with E-state index in [0.717, 1.165) is 28.2 Å². The molecule has 0 amide bonds. The summed E-state index contributed by atoms with van der Waals surface area (Å²) in [7, 11) is 0. The Bertz CT molecular complexity index is 584. The number of rotatable bonds is 4. The summed E-state index contributed by atoms with van der Waals surface area (Å²) in [6.45, 7) is 10.5. The van der Waals surface area contributed by atoms with E-state index in [-0.39, 0.29) is 5.41 Å². The summed E-state index contributed by atoms with van der Waals surface area (Å²) in [5.74, 6) is 0.883. The van der Waals surface area contributed by atoms with E-state index in [4.69, 9.17) is 4.98 Å². The Morgan fingerprint density at radius 1 is 1.30 bits per heavy atom. The molecule has 2 rings (SSSR count). The van der Waals surface area contributed by atoms with Gasteiger partial charge in [0, 0.05) is 23.9 Å². The molecule has 1 N–H and O–H groups in total. The topological polar surface area (TPSA) is 42.7 Å². The number of nitrogens with one attached hydrogen (secondary N) is 1. The van der Waals surface area contributed by atoms with Gasteiger partial charge in [-0.3, -0.25) is 0 Å². The lowest BCUT2D eigenvalue weighted by atomic mass is 9.90. The predicted molar refractivity (Wildman–Crippen MR) is 90.2 cm³/mol. The van der Waals surface area contributed by atoms with Crippen LogP contribution in [0.4, 0.5) is 0 Å². The third-order valence-electron chi connectivity index (χ3n) is 3.00. The molecule has 4 nitrogen and oxygen atoms in total. The fourth-order valence-corrected chi connectivity index (χ4v) is 2.26. The van der Waals surface area contributed by atoms with Gasteiger partial charge < -0.3 is 5.32 Å². The molecule has 0 aliphatic rings. The molecule has 0 aliphatic heterocycles. The first-order chi connectivity index (χ1) is 9.40. The Morgan fingerprint density at radius 3 is 2.60 bits per heavy atom. The van der Waals surface area contributed by atoms with Gasteiger partial charge in [0.1, 0.15) is 0 Å². The summed E-state index contributed by atoms with van der Waals surface area (Å²) in [6.07, 6.45) is 3.84. The smallest absolute Gasteiger partial charge is 0.153 e. The molecule has 0 saturated heterocycles. The van der Waals surface area contributed by atoms with E-state index in [1.54, 1.807) is 0 Å². The quantitative estimate of drug-likeness (QED) is 0.823. The molecule has 0 fully saturated rings. The number of hydrogen-bond donors (Lipinski definition) is 1. The fourth-order valence-electron chi connectivity index (χ4n) is 1.87. The monoisotopic (exact) mass is 384 g/mol. The third-order valence-corrected chi connectivity index (χ3v) is 3.56. The van der Waals surface area contributed by atoms with Crippen LogP contribution >= 0.6 is 22.6 Å². The van der Waals surface area contributed by atoms with Crippen LogP contribution in [0.3, 0.4) is 0 Å². The average molecular weight is 384 g/mol. The van der Waals surface area contributed by atoms with Crippen molar-refractivity contribution in [3.8, 4) is 5.82 Å². The highest BCUT2D eigenvalue weighted by atomic mass is 127. The zero-order chi connectivity index (χ0) is 14.8. The van der Waals surface area contributed by atoms with Gasteiger partial charge in [0.25, 0.3) is 0 Å². The maximum absolute atomic E-state index is 4.77. The molecule has 0 atom stereocenters. The van der Waals surface area contributed by atoms with Crippen molar-refractivity contribution in [1.29, 1.82) is 0 Å². The summed E-state index contributed by atoms with van der Waals surface area (Å²) in [5.41, 5.74) is 2.36. The zero-order valence-corrected chi connectivity index (χ0v) is 14.6. The number of nitrogens with zero attached hydrogens (tertiary/aromatic N) is 3. The molecule has 20 heavy (non-hydrogen) atoms. The minimum atomic E-state index is 0.0251. The summed E-state index contributed by atoms with van der Waals surface area (Å²) < 4.78 is 2.95. The first-order valence-corrected chi connectivity index (χ1v) is 7.90. The fraction of sp³-hybridized carbons (Fsp3) is 0.467. The highest BCUT2D eigenvalue weighted by molar-refractivity contribution is 14.1. The second-order valence-electron chi connectivity index (χ2n) is 5.85. The molecule has 2 aromatic rings. The van der Waals surface area contributed by atoms with Crippen LogP contribution in [-0.2, 0) is 12.0 Å². The van der Waals surface area contributed by atoms with Gasteiger partial charge in [0.2, 0.25) is 0 Å². The Morgan fingerprint density at radius 2 is 2.05 bits per heavy atom. The van der Waals surface area contributed by atoms with Crippen LogP contribution in [0.1, 0.15) is 39.0 Å². The van der Waals surface area contributed by atoms with Gasteiger partial charge in [-0.25, -0.2) is 9.67 Å². The minimum Gasteiger partial charge on any atom is -0.313 e. The SMILES string of the molecule is CCNCc1cc(-n2cc(I)cn2)nc(C(C)(C)C)c1. The second-order valence-corrected chi connectivity index (χ2v) is 7.10. The van der Waals surface area contributed by atoms with Crippen LogP contribution in [0.5, 0.6) is 0 Å². The predicted octanol–water partition coefficient (Wildman–Crippen LogP) is 3.28. The third kappa shape index (κ3) is 3.79. The zero-order valence-electron chi connectivity index (χ0n) is 12.4. The Labute approximate surface area is 134 Å². The van der Waals surface area contributed by atoms with Crippen molar-refractivity contribution >= 4 is 22.6 Å². The van der Waals surface area contributed by atoms with Crippen molar-refractivity contribution in [3.63, 3.8) is 0 Å². The second kappa shape index (κ2) is 6.22. The van der Waals surface area contributed by atoms with E-state index < -0.39 is 0 Å². The van der Waals surface area contributed by atoms with Gasteiger partial charge in [-0.15, -0.1) is 0 Å². The molecule has 5 heteroatoms. The number of hydrogen-bond acceptors (Lipinski definition) is 3. The summed E-state index contributed by atoms with van der Waals surface area (Å²) in [6, 6.07) is 4.28. The van der Waals surface area contributed by atoms with E-state index in [1.165, 1.54) is 5.56 Å². The minimum absolute atomic E-state index is 0.0251. The van der Waals surface area contributed by atoms with Crippen molar-refractivity contribution in [2.75, 3.05) is 6.54 Å². The molecule has 108 valence electrons. The van der Waals surface area contributed by atoms with Crippen LogP contribution in [0.25, 0.3) is 5.82 Å². The van der Waals surface area contributed by atoms with Crippen molar-refractivity contribution in [1.82, 2.24) is 20.1 Å². The first kappa shape index (κ1) is 15.4. The van der Waals surface area contributed by atoms with Crippen molar-refractivity contribution in [2.45, 2.75) is 39.7 Å². The molecule has 0 bridgehead atoms. The van der Waals surface area contributed by atoms with Gasteiger partial charge >= 0.3 is 0 Å². The molecule has 0 aliphatic carbocycles. The van der Waals surface area contributed by atoms with Crippen molar-refractivity contribution < 1.29 is 0 Å². The summed E-state index contributed by atoms with van der Waals surface area (Å²) in [5, 5.41) is 7.73. The van der Waals surface area contributed by atoms with Crippen LogP contribution in [0.2, 0.25) is 0 Å². The molecule has 0 spiro atoms. The molecular formula is C15H21IN4. The summed E-state index contributed by atoms with van der Waals surface area (Å²) in [4.78, 5) is 4.77. The first-order valence-electron chi connectivity index (χ1n) is 6.83. The number of pyridine rings is 1. The van der Waals surface area contributed by atoms with Crippen LogP contribution in [0.15, 0.2) is 24.5 Å². The van der Waals surface area contributed by atoms with Gasteiger partial charge in [0.15, 0.2) is 5.82 Å². The van der Waals surface area contributed by atoms with Crippen molar-refractivity contribution in [3.05, 3.63) is 39.4 Å². The largest absolute Gasteiger partial charge is 0.313 e. The maximum atomic E-state index is 4.77. The highest BCUT2D eigenvalue weighted by Crippen LogP contribution is 2.23. The average Bonchev–Trinajstić information content (AvgIpc) is 2.82. The van der Waals surface area contributed by atoms with Gasteiger partial charge in [-0.05, 0) is 46.8 Å². The lowest BCUT2D eigenvalue weighted by Gasteiger charge is -2.20. The van der Waals surface area contributed by atoms with Crippen LogP contribution in [-0.4, -0.2) is 21.3 Å². The Balaban J connectivity index is 2.45. The molecule has 0 saturated carbocycles. The number of aromatic nitrogens is 3. The number of halogens is 1. The standard InChI is InChI=1S/C15H21IN4/c1-5-17-8-11-6-13(15(2,3)4)19-14(7-11)20-10-12(16)9-18-20/h6-7,9-10,17H,5,8H2,1-4H3. The van der Waals surface area contributed by atoms with E-state index in [0.29, 0.717) is 0 Å². The van der Waals surface area contributed by atoms with Gasteiger partial charge in [-0.2, -0.15) is 5.10 Å². The van der Waals surface area contributed by atoms with E-state index >= 15 is 0 Å². The molecular weight excluding hydrogens is 363 g/mol. The Kier molecular flexibility index (Phi) is 4.80. The van der Waals surface area contributed by atoms with Gasteiger partial charge in [-0.1, -0.05) is 27.7 Å². The van der Waals surface area contributed by atoms with E-state index in [1.807, 2.05) is 17.1 Å². The van der Waals surface area contributed by atoms with E-state index in [9.17, 15) is 0 Å². The van der Waals surface area contributed by atoms with Crippen LogP contribution in [0, 0.1) is 3.57 Å². The highest BCUT2D eigenvalue weighted by Gasteiger charge is 2.17. The Hall–Kier alpha value is -0.950. The molecule has 0 aromatic carbocycles. The molecule has 0 radical (unpaired) electrons. The van der Waals surface area contributed by atoms with Crippen molar-refractivity contribution in [2.24, 2.45) is 0 Å². The normalized spacial score (nSPS) is 11.8. The molecule has 0 unspecified atom stereocenters. The molecule has 2 heterocycles. The molecule has 2 aromatic heterocycles. The maximum Gasteiger partial charge on any atom is 0.153 e. The lowest BCUT2D eigenvalue weighted by molar-refractivity contribution is 0.563.